The monoisotopic (exact) mass is 429 g/mol. The van der Waals surface area contributed by atoms with Gasteiger partial charge in [0.05, 0.1) is 11.3 Å². The van der Waals surface area contributed by atoms with Crippen molar-refractivity contribution in [1.29, 1.82) is 0 Å². The number of rotatable bonds is 7. The van der Waals surface area contributed by atoms with Gasteiger partial charge in [0.15, 0.2) is 0 Å². The maximum absolute atomic E-state index is 13.9. The Bertz CT molecular complexity index is 1170. The minimum atomic E-state index is -0.501. The summed E-state index contributed by atoms with van der Waals surface area (Å²) in [5, 5.41) is 0. The Morgan fingerprint density at radius 3 is 2.34 bits per heavy atom. The minimum absolute atomic E-state index is 0.227. The summed E-state index contributed by atoms with van der Waals surface area (Å²) in [4.78, 5) is 34.1. The number of carbonyl (C=O) groups excluding carboxylic acids is 2. The fraction of sp³-hybridized carbons (Fsp3) is 0.192. The molecule has 0 saturated heterocycles. The second-order valence-corrected chi connectivity index (χ2v) is 7.70. The average molecular weight is 429 g/mol. The molecule has 0 saturated carbocycles. The van der Waals surface area contributed by atoms with Gasteiger partial charge in [0.2, 0.25) is 0 Å². The number of carbonyl (C=O) groups is 2. The van der Waals surface area contributed by atoms with E-state index < -0.39 is 17.6 Å². The van der Waals surface area contributed by atoms with E-state index in [1.54, 1.807) is 18.5 Å². The zero-order chi connectivity index (χ0) is 22.7. The number of aromatic nitrogens is 1. The molecule has 2 heterocycles. The first-order valence-corrected chi connectivity index (χ1v) is 10.6. The number of anilines is 1. The lowest BCUT2D eigenvalue weighted by molar-refractivity contribution is -0.120. The van der Waals surface area contributed by atoms with Crippen molar-refractivity contribution >= 4 is 23.1 Å². The summed E-state index contributed by atoms with van der Waals surface area (Å²) in [7, 11) is 0. The largest absolute Gasteiger partial charge is 0.366 e. The molecular weight excluding hydrogens is 405 g/mol. The van der Waals surface area contributed by atoms with Crippen LogP contribution in [-0.2, 0) is 16.0 Å². The van der Waals surface area contributed by atoms with Gasteiger partial charge in [0.25, 0.3) is 11.8 Å². The molecule has 2 aromatic carbocycles. The molecule has 4 rings (SSSR count). The van der Waals surface area contributed by atoms with Gasteiger partial charge in [-0.3, -0.25) is 14.6 Å². The number of imide groups is 1. The van der Waals surface area contributed by atoms with Crippen LogP contribution >= 0.6 is 0 Å². The molecule has 0 N–H and O–H groups in total. The maximum atomic E-state index is 13.9. The van der Waals surface area contributed by atoms with Gasteiger partial charge in [-0.05, 0) is 61.7 Å². The topological polar surface area (TPSA) is 53.5 Å². The van der Waals surface area contributed by atoms with Crippen LogP contribution in [0, 0.1) is 12.7 Å². The molecule has 6 heteroatoms. The van der Waals surface area contributed by atoms with Crippen LogP contribution in [0.1, 0.15) is 23.6 Å². The summed E-state index contributed by atoms with van der Waals surface area (Å²) in [5.74, 6) is -1.38. The van der Waals surface area contributed by atoms with E-state index in [0.717, 1.165) is 16.0 Å². The summed E-state index contributed by atoms with van der Waals surface area (Å²) in [6.45, 7) is 5.02. The number of amides is 2. The number of pyridine rings is 1. The van der Waals surface area contributed by atoms with Crippen LogP contribution in [0.15, 0.2) is 78.8 Å². The molecular formula is C26H24FN3O2. The Labute approximate surface area is 186 Å². The number of aryl methyl sites for hydroxylation is 1. The molecule has 0 atom stereocenters. The normalized spacial score (nSPS) is 13.8. The van der Waals surface area contributed by atoms with Crippen molar-refractivity contribution in [3.05, 3.63) is 101 Å². The maximum Gasteiger partial charge on any atom is 0.282 e. The van der Waals surface area contributed by atoms with Crippen molar-refractivity contribution in [3.8, 4) is 0 Å². The molecule has 0 unspecified atom stereocenters. The predicted molar refractivity (Wildman–Crippen MR) is 122 cm³/mol. The summed E-state index contributed by atoms with van der Waals surface area (Å²) < 4.78 is 13.9. The molecule has 2 amide bonds. The average Bonchev–Trinajstić information content (AvgIpc) is 3.06. The zero-order valence-electron chi connectivity index (χ0n) is 18.1. The third kappa shape index (κ3) is 4.17. The van der Waals surface area contributed by atoms with Gasteiger partial charge in [0.1, 0.15) is 11.5 Å². The second-order valence-electron chi connectivity index (χ2n) is 7.70. The zero-order valence-corrected chi connectivity index (χ0v) is 18.1. The number of nitrogens with zero attached hydrogens (tertiary/aromatic N) is 3. The molecule has 1 aliphatic rings. The molecule has 5 nitrogen and oxygen atoms in total. The highest BCUT2D eigenvalue weighted by atomic mass is 19.1. The Balaban J connectivity index is 1.76. The molecule has 3 aromatic rings. The Morgan fingerprint density at radius 1 is 0.969 bits per heavy atom. The summed E-state index contributed by atoms with van der Waals surface area (Å²) in [6, 6.07) is 17.0. The first-order valence-electron chi connectivity index (χ1n) is 10.6. The van der Waals surface area contributed by atoms with E-state index in [2.05, 4.69) is 4.98 Å². The first kappa shape index (κ1) is 21.4. The van der Waals surface area contributed by atoms with Crippen LogP contribution < -0.4 is 4.90 Å². The SMILES string of the molecule is CCN(CCc1ccncc1)C1=C(c2ccc(C)cc2)C(=O)N(c2cccc(F)c2)C1=O. The Morgan fingerprint density at radius 2 is 1.69 bits per heavy atom. The van der Waals surface area contributed by atoms with E-state index >= 15 is 0 Å². The van der Waals surface area contributed by atoms with Gasteiger partial charge in [-0.25, -0.2) is 9.29 Å². The highest BCUT2D eigenvalue weighted by Gasteiger charge is 2.42. The lowest BCUT2D eigenvalue weighted by Crippen LogP contribution is -2.36. The molecule has 0 spiro atoms. The molecule has 0 bridgehead atoms. The van der Waals surface area contributed by atoms with Crippen molar-refractivity contribution in [1.82, 2.24) is 9.88 Å². The van der Waals surface area contributed by atoms with E-state index in [-0.39, 0.29) is 5.69 Å². The van der Waals surface area contributed by atoms with Gasteiger partial charge >= 0.3 is 0 Å². The highest BCUT2D eigenvalue weighted by Crippen LogP contribution is 2.35. The van der Waals surface area contributed by atoms with Gasteiger partial charge in [-0.15, -0.1) is 0 Å². The van der Waals surface area contributed by atoms with Crippen molar-refractivity contribution < 1.29 is 14.0 Å². The van der Waals surface area contributed by atoms with Crippen molar-refractivity contribution in [2.45, 2.75) is 20.3 Å². The van der Waals surface area contributed by atoms with Crippen LogP contribution in [0.2, 0.25) is 0 Å². The molecule has 162 valence electrons. The van der Waals surface area contributed by atoms with Crippen LogP contribution in [-0.4, -0.2) is 34.8 Å². The summed E-state index contributed by atoms with van der Waals surface area (Å²) >= 11 is 0. The number of benzene rings is 2. The lowest BCUT2D eigenvalue weighted by Gasteiger charge is -2.25. The number of hydrogen-bond donors (Lipinski definition) is 0. The third-order valence-electron chi connectivity index (χ3n) is 5.58. The van der Waals surface area contributed by atoms with Crippen LogP contribution in [0.25, 0.3) is 5.57 Å². The second kappa shape index (κ2) is 9.14. The highest BCUT2D eigenvalue weighted by molar-refractivity contribution is 6.45. The third-order valence-corrected chi connectivity index (χ3v) is 5.58. The quantitative estimate of drug-likeness (QED) is 0.523. The molecule has 0 aliphatic carbocycles. The van der Waals surface area contributed by atoms with Crippen LogP contribution in [0.3, 0.4) is 0 Å². The van der Waals surface area contributed by atoms with Crippen LogP contribution in [0.4, 0.5) is 10.1 Å². The Hall–Kier alpha value is -3.80. The van der Waals surface area contributed by atoms with E-state index in [1.807, 2.05) is 55.1 Å². The standard InChI is InChI=1S/C26H24FN3O2/c1-3-29(16-13-19-11-14-28-15-12-19)24-23(20-9-7-18(2)8-10-20)25(31)30(26(24)32)22-6-4-5-21(27)17-22/h4-12,14-15,17H,3,13,16H2,1-2H3. The number of likely N-dealkylation sites (N-methyl/N-ethyl adjacent to an activating group) is 1. The number of halogens is 1. The number of hydrogen-bond acceptors (Lipinski definition) is 4. The van der Waals surface area contributed by atoms with Crippen LogP contribution in [0.5, 0.6) is 0 Å². The van der Waals surface area contributed by atoms with Gasteiger partial charge in [-0.1, -0.05) is 35.9 Å². The lowest BCUT2D eigenvalue weighted by atomic mass is 10.0. The van der Waals surface area contributed by atoms with Gasteiger partial charge in [0, 0.05) is 25.5 Å². The fourth-order valence-electron chi connectivity index (χ4n) is 3.88. The van der Waals surface area contributed by atoms with Crippen molar-refractivity contribution in [3.63, 3.8) is 0 Å². The fourth-order valence-corrected chi connectivity index (χ4v) is 3.88. The molecule has 32 heavy (non-hydrogen) atoms. The van der Waals surface area contributed by atoms with E-state index in [1.165, 1.54) is 18.2 Å². The van der Waals surface area contributed by atoms with E-state index in [4.69, 9.17) is 0 Å². The molecule has 1 aliphatic heterocycles. The minimum Gasteiger partial charge on any atom is -0.366 e. The molecule has 0 fully saturated rings. The summed E-state index contributed by atoms with van der Waals surface area (Å²) in [5.41, 5.74) is 3.74. The van der Waals surface area contributed by atoms with Gasteiger partial charge < -0.3 is 4.90 Å². The van der Waals surface area contributed by atoms with Crippen molar-refractivity contribution in [2.75, 3.05) is 18.0 Å². The summed E-state index contributed by atoms with van der Waals surface area (Å²) in [6.07, 6.45) is 4.17. The predicted octanol–water partition coefficient (Wildman–Crippen LogP) is 4.38. The van der Waals surface area contributed by atoms with E-state index in [0.29, 0.717) is 36.3 Å². The van der Waals surface area contributed by atoms with Gasteiger partial charge in [-0.2, -0.15) is 0 Å². The molecule has 0 radical (unpaired) electrons. The van der Waals surface area contributed by atoms with E-state index in [9.17, 15) is 14.0 Å². The first-order chi connectivity index (χ1) is 15.5. The smallest absolute Gasteiger partial charge is 0.282 e. The Kier molecular flexibility index (Phi) is 6.12. The van der Waals surface area contributed by atoms with Crippen molar-refractivity contribution in [2.24, 2.45) is 0 Å². The molecule has 1 aromatic heterocycles.